The fourth-order valence-corrected chi connectivity index (χ4v) is 2.20. The third kappa shape index (κ3) is 1.46. The summed E-state index contributed by atoms with van der Waals surface area (Å²) >= 11 is 0. The van der Waals surface area contributed by atoms with Crippen LogP contribution in [0.2, 0.25) is 0 Å². The average Bonchev–Trinajstić information content (AvgIpc) is 2.35. The van der Waals surface area contributed by atoms with Crippen LogP contribution in [0.3, 0.4) is 0 Å². The topological polar surface area (TPSA) is 43.1 Å². The predicted molar refractivity (Wildman–Crippen MR) is 68.8 cm³/mol. The van der Waals surface area contributed by atoms with Gasteiger partial charge in [-0.25, -0.2) is 0 Å². The molecular weight excluding hydrogens is 210 g/mol. The van der Waals surface area contributed by atoms with Crippen LogP contribution >= 0.6 is 0 Å². The Hall–Kier alpha value is -2.35. The summed E-state index contributed by atoms with van der Waals surface area (Å²) < 4.78 is 0. The van der Waals surface area contributed by atoms with E-state index < -0.39 is 5.91 Å². The van der Waals surface area contributed by atoms with E-state index >= 15 is 0 Å². The molecule has 0 spiro atoms. The lowest BCUT2D eigenvalue weighted by Gasteiger charge is -2.07. The van der Waals surface area contributed by atoms with Crippen LogP contribution in [0.15, 0.2) is 48.5 Å². The summed E-state index contributed by atoms with van der Waals surface area (Å²) in [5.74, 6) is -0.408. The molecule has 81 valence electrons. The monoisotopic (exact) mass is 220 g/mol. The van der Waals surface area contributed by atoms with Gasteiger partial charge in [-0.05, 0) is 28.3 Å². The van der Waals surface area contributed by atoms with Crippen molar-refractivity contribution in [3.63, 3.8) is 0 Å². The second kappa shape index (κ2) is 3.59. The first-order valence-corrected chi connectivity index (χ1v) is 5.39. The highest BCUT2D eigenvalue weighted by Gasteiger charge is 2.11. The Morgan fingerprint density at radius 3 is 2.65 bits per heavy atom. The van der Waals surface area contributed by atoms with Crippen LogP contribution in [0.4, 0.5) is 0 Å². The molecule has 0 aliphatic heterocycles. The second-order valence-electron chi connectivity index (χ2n) is 3.97. The van der Waals surface area contributed by atoms with Crippen molar-refractivity contribution in [3.8, 4) is 0 Å². The van der Waals surface area contributed by atoms with E-state index in [-0.39, 0.29) is 0 Å². The van der Waals surface area contributed by atoms with Crippen molar-refractivity contribution in [2.45, 2.75) is 0 Å². The molecule has 1 amide bonds. The lowest BCUT2D eigenvalue weighted by atomic mass is 9.96. The number of primary amides is 1. The molecule has 3 rings (SSSR count). The van der Waals surface area contributed by atoms with Crippen LogP contribution in [0.1, 0.15) is 10.4 Å². The van der Waals surface area contributed by atoms with Gasteiger partial charge in [-0.3, -0.25) is 4.79 Å². The maximum absolute atomic E-state index is 11.6. The van der Waals surface area contributed by atoms with Crippen LogP contribution in [0, 0.1) is 6.07 Å². The third-order valence-electron chi connectivity index (χ3n) is 2.93. The van der Waals surface area contributed by atoms with Gasteiger partial charge in [0.2, 0.25) is 5.91 Å². The van der Waals surface area contributed by atoms with Gasteiger partial charge in [-0.15, -0.1) is 0 Å². The molecule has 0 saturated heterocycles. The van der Waals surface area contributed by atoms with Gasteiger partial charge in [0.15, 0.2) is 0 Å². The van der Waals surface area contributed by atoms with Crippen LogP contribution in [0.5, 0.6) is 0 Å². The Balaban J connectivity index is 2.61. The van der Waals surface area contributed by atoms with Gasteiger partial charge in [0.05, 0.1) is 5.56 Å². The standard InChI is InChI=1S/C15H10NO/c16-15(17)14-12-7-3-1-5-10(12)9-11-6-2-4-8-13(11)14/h1-7,9H,(H2,16,17). The van der Waals surface area contributed by atoms with E-state index in [4.69, 9.17) is 5.73 Å². The molecule has 0 unspecified atom stereocenters. The number of rotatable bonds is 1. The minimum absolute atomic E-state index is 0.408. The first-order valence-electron chi connectivity index (χ1n) is 5.39. The lowest BCUT2D eigenvalue weighted by Crippen LogP contribution is -2.12. The lowest BCUT2D eigenvalue weighted by molar-refractivity contribution is 0.100. The molecule has 2 N–H and O–H groups in total. The Bertz CT molecular complexity index is 677. The normalized spacial score (nSPS) is 10.8. The number of hydrogen-bond acceptors (Lipinski definition) is 1. The molecule has 3 aromatic carbocycles. The largest absolute Gasteiger partial charge is 0.366 e. The maximum Gasteiger partial charge on any atom is 0.249 e. The molecular formula is C15H10NO. The molecule has 0 aromatic heterocycles. The molecule has 1 radical (unpaired) electrons. The number of carbonyl (C=O) groups excluding carboxylic acids is 1. The predicted octanol–water partition coefficient (Wildman–Crippen LogP) is 2.89. The molecule has 0 aliphatic carbocycles. The molecule has 2 nitrogen and oxygen atoms in total. The Morgan fingerprint density at radius 2 is 1.82 bits per heavy atom. The summed E-state index contributed by atoms with van der Waals surface area (Å²) in [7, 11) is 0. The quantitative estimate of drug-likeness (QED) is 0.629. The summed E-state index contributed by atoms with van der Waals surface area (Å²) in [4.78, 5) is 11.6. The van der Waals surface area contributed by atoms with Crippen LogP contribution in [0.25, 0.3) is 21.5 Å². The summed E-state index contributed by atoms with van der Waals surface area (Å²) in [5.41, 5.74) is 6.04. The smallest absolute Gasteiger partial charge is 0.249 e. The Labute approximate surface area is 98.7 Å². The number of hydrogen-bond donors (Lipinski definition) is 1. The van der Waals surface area contributed by atoms with Crippen molar-refractivity contribution in [1.29, 1.82) is 0 Å². The summed E-state index contributed by atoms with van der Waals surface area (Å²) in [6.07, 6.45) is 0. The summed E-state index contributed by atoms with van der Waals surface area (Å²) in [6, 6.07) is 18.6. The highest BCUT2D eigenvalue weighted by atomic mass is 16.1. The third-order valence-corrected chi connectivity index (χ3v) is 2.93. The Kier molecular flexibility index (Phi) is 2.08. The zero-order valence-electron chi connectivity index (χ0n) is 9.10. The van der Waals surface area contributed by atoms with Crippen LogP contribution < -0.4 is 5.73 Å². The van der Waals surface area contributed by atoms with Gasteiger partial charge >= 0.3 is 0 Å². The molecule has 0 saturated carbocycles. The van der Waals surface area contributed by atoms with Crippen molar-refractivity contribution in [3.05, 3.63) is 60.2 Å². The van der Waals surface area contributed by atoms with E-state index in [2.05, 4.69) is 6.07 Å². The number of nitrogens with two attached hydrogens (primary N) is 1. The van der Waals surface area contributed by atoms with E-state index in [1.807, 2.05) is 42.5 Å². The average molecular weight is 220 g/mol. The molecule has 0 heterocycles. The molecule has 2 heteroatoms. The zero-order chi connectivity index (χ0) is 11.8. The minimum atomic E-state index is -0.408. The SMILES string of the molecule is NC(=O)c1c2[c]cccc2cc2ccccc12. The molecule has 0 aliphatic rings. The molecule has 0 bridgehead atoms. The minimum Gasteiger partial charge on any atom is -0.366 e. The summed E-state index contributed by atoms with van der Waals surface area (Å²) in [6.45, 7) is 0. The van der Waals surface area contributed by atoms with Crippen LogP contribution in [-0.4, -0.2) is 5.91 Å². The van der Waals surface area contributed by atoms with Crippen molar-refractivity contribution >= 4 is 27.5 Å². The van der Waals surface area contributed by atoms with Crippen LogP contribution in [-0.2, 0) is 0 Å². The van der Waals surface area contributed by atoms with Gasteiger partial charge < -0.3 is 5.73 Å². The summed E-state index contributed by atoms with van der Waals surface area (Å²) in [5, 5.41) is 3.68. The molecule has 17 heavy (non-hydrogen) atoms. The van der Waals surface area contributed by atoms with E-state index in [0.29, 0.717) is 5.56 Å². The van der Waals surface area contributed by atoms with E-state index in [0.717, 1.165) is 21.5 Å². The van der Waals surface area contributed by atoms with Crippen molar-refractivity contribution in [2.75, 3.05) is 0 Å². The first kappa shape index (κ1) is 9.85. The molecule has 0 fully saturated rings. The molecule has 0 atom stereocenters. The molecule has 3 aromatic rings. The van der Waals surface area contributed by atoms with E-state index in [1.165, 1.54) is 0 Å². The highest BCUT2D eigenvalue weighted by molar-refractivity contribution is 6.17. The van der Waals surface area contributed by atoms with Crippen molar-refractivity contribution in [2.24, 2.45) is 5.73 Å². The number of carbonyl (C=O) groups is 1. The highest BCUT2D eigenvalue weighted by Crippen LogP contribution is 2.27. The number of fused-ring (bicyclic) bond motifs is 2. The number of benzene rings is 3. The fourth-order valence-electron chi connectivity index (χ4n) is 2.20. The number of amides is 1. The zero-order valence-corrected chi connectivity index (χ0v) is 9.10. The van der Waals surface area contributed by atoms with Gasteiger partial charge in [0, 0.05) is 5.39 Å². The van der Waals surface area contributed by atoms with Crippen molar-refractivity contribution in [1.82, 2.24) is 0 Å². The van der Waals surface area contributed by atoms with Gasteiger partial charge in [0.1, 0.15) is 0 Å². The Morgan fingerprint density at radius 1 is 1.06 bits per heavy atom. The van der Waals surface area contributed by atoms with E-state index in [1.54, 1.807) is 6.07 Å². The van der Waals surface area contributed by atoms with E-state index in [9.17, 15) is 4.79 Å². The van der Waals surface area contributed by atoms with Gasteiger partial charge in [0.25, 0.3) is 0 Å². The van der Waals surface area contributed by atoms with Gasteiger partial charge in [-0.1, -0.05) is 42.5 Å². The second-order valence-corrected chi connectivity index (χ2v) is 3.97. The van der Waals surface area contributed by atoms with Gasteiger partial charge in [-0.2, -0.15) is 0 Å². The maximum atomic E-state index is 11.6. The fraction of sp³-hybridized carbons (Fsp3) is 0. The first-order chi connectivity index (χ1) is 8.27. The van der Waals surface area contributed by atoms with Crippen molar-refractivity contribution < 1.29 is 4.79 Å².